The van der Waals surface area contributed by atoms with Crippen molar-refractivity contribution in [1.29, 1.82) is 0 Å². The van der Waals surface area contributed by atoms with Crippen molar-refractivity contribution in [1.82, 2.24) is 9.80 Å². The molecule has 160 valence electrons. The number of carbonyl (C=O) groups excluding carboxylic acids is 2. The molecule has 1 aliphatic rings. The number of methoxy groups -OCH3 is 1. The second kappa shape index (κ2) is 11.4. The first-order valence-electron chi connectivity index (χ1n) is 10.5. The fourth-order valence-electron chi connectivity index (χ4n) is 3.55. The van der Waals surface area contributed by atoms with Crippen molar-refractivity contribution in [2.24, 2.45) is 0 Å². The third-order valence-electron chi connectivity index (χ3n) is 5.32. The summed E-state index contributed by atoms with van der Waals surface area (Å²) in [5, 5.41) is 0. The molecule has 3 rings (SSSR count). The molecular weight excluding hydrogens is 380 g/mol. The molecule has 1 saturated heterocycles. The molecule has 0 radical (unpaired) electrons. The lowest BCUT2D eigenvalue weighted by atomic mass is 10.1. The summed E-state index contributed by atoms with van der Waals surface area (Å²) in [6.45, 7) is 3.42. The molecule has 1 amide bonds. The van der Waals surface area contributed by atoms with Gasteiger partial charge in [0.1, 0.15) is 12.4 Å². The van der Waals surface area contributed by atoms with E-state index in [0.29, 0.717) is 26.1 Å². The number of amides is 1. The van der Waals surface area contributed by atoms with Gasteiger partial charge in [0.2, 0.25) is 5.91 Å². The molecule has 1 heterocycles. The van der Waals surface area contributed by atoms with Crippen LogP contribution < -0.4 is 4.74 Å². The standard InChI is InChI=1S/C24H30N2O4/c1-29-22-11-8-20(9-12-22)10-13-23(27)26-15-5-14-25(16-17-26)18-24(28)30-19-21-6-3-2-4-7-21/h2-4,6-9,11-12H,5,10,13-19H2,1H3. The van der Waals surface area contributed by atoms with Crippen molar-refractivity contribution < 1.29 is 19.1 Å². The Balaban J connectivity index is 1.39. The Hall–Kier alpha value is -2.86. The first-order chi connectivity index (χ1) is 14.6. The molecule has 0 N–H and O–H groups in total. The maximum Gasteiger partial charge on any atom is 0.320 e. The number of nitrogens with zero attached hydrogens (tertiary/aromatic N) is 2. The Morgan fingerprint density at radius 2 is 1.67 bits per heavy atom. The summed E-state index contributed by atoms with van der Waals surface area (Å²) in [5.74, 6) is 0.762. The van der Waals surface area contributed by atoms with Crippen molar-refractivity contribution in [3.05, 3.63) is 65.7 Å². The Bertz CT molecular complexity index is 808. The zero-order chi connectivity index (χ0) is 21.2. The largest absolute Gasteiger partial charge is 0.497 e. The maximum absolute atomic E-state index is 12.6. The molecule has 0 unspecified atom stereocenters. The van der Waals surface area contributed by atoms with Gasteiger partial charge >= 0.3 is 5.97 Å². The molecule has 0 bridgehead atoms. The molecule has 1 fully saturated rings. The number of esters is 1. The average Bonchev–Trinajstić information content (AvgIpc) is 3.03. The van der Waals surface area contributed by atoms with Crippen LogP contribution in [0.15, 0.2) is 54.6 Å². The molecule has 6 heteroatoms. The zero-order valence-electron chi connectivity index (χ0n) is 17.6. The van der Waals surface area contributed by atoms with Crippen molar-refractivity contribution in [2.45, 2.75) is 25.9 Å². The molecule has 0 atom stereocenters. The van der Waals surface area contributed by atoms with Crippen LogP contribution >= 0.6 is 0 Å². The summed E-state index contributed by atoms with van der Waals surface area (Å²) in [5.41, 5.74) is 2.11. The van der Waals surface area contributed by atoms with Gasteiger partial charge in [0, 0.05) is 32.6 Å². The maximum atomic E-state index is 12.6. The summed E-state index contributed by atoms with van der Waals surface area (Å²) in [6, 6.07) is 17.5. The molecule has 2 aromatic carbocycles. The van der Waals surface area contributed by atoms with Crippen LogP contribution in [0, 0.1) is 0 Å². The van der Waals surface area contributed by atoms with Gasteiger partial charge in [-0.3, -0.25) is 14.5 Å². The highest BCUT2D eigenvalue weighted by Gasteiger charge is 2.20. The van der Waals surface area contributed by atoms with Crippen molar-refractivity contribution in [3.8, 4) is 5.75 Å². The number of benzene rings is 2. The Morgan fingerprint density at radius 3 is 2.40 bits per heavy atom. The van der Waals surface area contributed by atoms with Gasteiger partial charge in [-0.2, -0.15) is 0 Å². The van der Waals surface area contributed by atoms with Crippen LogP contribution in [0.1, 0.15) is 24.0 Å². The van der Waals surface area contributed by atoms with E-state index in [4.69, 9.17) is 9.47 Å². The molecule has 2 aromatic rings. The van der Waals surface area contributed by atoms with Gasteiger partial charge in [-0.1, -0.05) is 42.5 Å². The highest BCUT2D eigenvalue weighted by atomic mass is 16.5. The van der Waals surface area contributed by atoms with E-state index in [1.807, 2.05) is 59.5 Å². The minimum atomic E-state index is -0.224. The van der Waals surface area contributed by atoms with E-state index in [9.17, 15) is 9.59 Å². The number of hydrogen-bond acceptors (Lipinski definition) is 5. The highest BCUT2D eigenvalue weighted by molar-refractivity contribution is 5.76. The second-order valence-corrected chi connectivity index (χ2v) is 7.50. The van der Waals surface area contributed by atoms with Gasteiger partial charge in [-0.25, -0.2) is 0 Å². The number of aryl methyl sites for hydroxylation is 1. The molecule has 6 nitrogen and oxygen atoms in total. The third kappa shape index (κ3) is 6.88. The summed E-state index contributed by atoms with van der Waals surface area (Å²) < 4.78 is 10.5. The van der Waals surface area contributed by atoms with E-state index in [1.54, 1.807) is 7.11 Å². The van der Waals surface area contributed by atoms with E-state index in [2.05, 4.69) is 4.90 Å². The first kappa shape index (κ1) is 21.8. The quantitative estimate of drug-likeness (QED) is 0.627. The molecule has 0 saturated carbocycles. The average molecular weight is 411 g/mol. The first-order valence-corrected chi connectivity index (χ1v) is 10.5. The minimum absolute atomic E-state index is 0.166. The molecule has 0 aliphatic carbocycles. The Kier molecular flexibility index (Phi) is 8.27. The smallest absolute Gasteiger partial charge is 0.320 e. The van der Waals surface area contributed by atoms with Crippen LogP contribution in [0.5, 0.6) is 5.75 Å². The fraction of sp³-hybridized carbons (Fsp3) is 0.417. The molecule has 0 aromatic heterocycles. The second-order valence-electron chi connectivity index (χ2n) is 7.50. The number of rotatable bonds is 8. The molecule has 1 aliphatic heterocycles. The third-order valence-corrected chi connectivity index (χ3v) is 5.32. The van der Waals surface area contributed by atoms with Crippen molar-refractivity contribution in [3.63, 3.8) is 0 Å². The van der Waals surface area contributed by atoms with Crippen LogP contribution in [-0.4, -0.2) is 61.5 Å². The topological polar surface area (TPSA) is 59.1 Å². The summed E-state index contributed by atoms with van der Waals surface area (Å²) >= 11 is 0. The molecule has 0 spiro atoms. The van der Waals surface area contributed by atoms with Gasteiger partial charge < -0.3 is 14.4 Å². The van der Waals surface area contributed by atoms with Crippen LogP contribution in [0.2, 0.25) is 0 Å². The molecular formula is C24H30N2O4. The van der Waals surface area contributed by atoms with Gasteiger partial charge in [-0.05, 0) is 36.1 Å². The lowest BCUT2D eigenvalue weighted by Crippen LogP contribution is -2.37. The number of ether oxygens (including phenoxy) is 2. The van der Waals surface area contributed by atoms with E-state index in [0.717, 1.165) is 42.8 Å². The predicted molar refractivity (Wildman–Crippen MR) is 115 cm³/mol. The summed E-state index contributed by atoms with van der Waals surface area (Å²) in [6.07, 6.45) is 2.07. The van der Waals surface area contributed by atoms with Gasteiger partial charge in [-0.15, -0.1) is 0 Å². The molecule has 30 heavy (non-hydrogen) atoms. The Morgan fingerprint density at radius 1 is 0.900 bits per heavy atom. The van der Waals surface area contributed by atoms with E-state index < -0.39 is 0 Å². The fourth-order valence-corrected chi connectivity index (χ4v) is 3.55. The van der Waals surface area contributed by atoms with Gasteiger partial charge in [0.25, 0.3) is 0 Å². The zero-order valence-corrected chi connectivity index (χ0v) is 17.6. The highest BCUT2D eigenvalue weighted by Crippen LogP contribution is 2.14. The Labute approximate surface area is 178 Å². The van der Waals surface area contributed by atoms with E-state index in [-0.39, 0.29) is 18.4 Å². The van der Waals surface area contributed by atoms with Crippen LogP contribution in [-0.2, 0) is 27.4 Å². The van der Waals surface area contributed by atoms with E-state index in [1.165, 1.54) is 0 Å². The monoisotopic (exact) mass is 410 g/mol. The summed E-state index contributed by atoms with van der Waals surface area (Å²) in [4.78, 5) is 28.8. The summed E-state index contributed by atoms with van der Waals surface area (Å²) in [7, 11) is 1.64. The van der Waals surface area contributed by atoms with Gasteiger partial charge in [0.15, 0.2) is 0 Å². The normalized spacial score (nSPS) is 14.8. The predicted octanol–water partition coefficient (Wildman–Crippen LogP) is 2.91. The van der Waals surface area contributed by atoms with E-state index >= 15 is 0 Å². The van der Waals surface area contributed by atoms with Crippen LogP contribution in [0.4, 0.5) is 0 Å². The lowest BCUT2D eigenvalue weighted by molar-refractivity contribution is -0.146. The van der Waals surface area contributed by atoms with Crippen LogP contribution in [0.3, 0.4) is 0 Å². The number of hydrogen-bond donors (Lipinski definition) is 0. The minimum Gasteiger partial charge on any atom is -0.497 e. The van der Waals surface area contributed by atoms with Gasteiger partial charge in [0.05, 0.1) is 13.7 Å². The van der Waals surface area contributed by atoms with Crippen molar-refractivity contribution in [2.75, 3.05) is 39.8 Å². The SMILES string of the molecule is COc1ccc(CCC(=O)N2CCCN(CC(=O)OCc3ccccc3)CC2)cc1. The lowest BCUT2D eigenvalue weighted by Gasteiger charge is -2.21. The van der Waals surface area contributed by atoms with Crippen molar-refractivity contribution >= 4 is 11.9 Å². The number of carbonyl (C=O) groups is 2. The van der Waals surface area contributed by atoms with Crippen LogP contribution in [0.25, 0.3) is 0 Å².